The number of aryl methyl sites for hydroxylation is 1. The van der Waals surface area contributed by atoms with E-state index in [2.05, 4.69) is 89.5 Å². The van der Waals surface area contributed by atoms with Gasteiger partial charge in [-0.05, 0) is 63.4 Å². The lowest BCUT2D eigenvalue weighted by Crippen LogP contribution is -2.24. The number of hydrogen-bond donors (Lipinski definition) is 1. The molecule has 1 aliphatic heterocycles. The van der Waals surface area contributed by atoms with E-state index in [1.807, 2.05) is 0 Å². The molecule has 2 nitrogen and oxygen atoms in total. The summed E-state index contributed by atoms with van der Waals surface area (Å²) >= 11 is 6.96. The van der Waals surface area contributed by atoms with Crippen molar-refractivity contribution in [2.45, 2.75) is 38.6 Å². The van der Waals surface area contributed by atoms with Gasteiger partial charge >= 0.3 is 0 Å². The van der Waals surface area contributed by atoms with E-state index in [0.29, 0.717) is 0 Å². The summed E-state index contributed by atoms with van der Waals surface area (Å²) in [6.07, 6.45) is 9.36. The molecule has 1 atom stereocenters. The summed E-state index contributed by atoms with van der Waals surface area (Å²) in [5, 5.41) is 1.28. The number of nitrogens with zero attached hydrogens (tertiary/aromatic N) is 2. The third-order valence-corrected chi connectivity index (χ3v) is 4.63. The van der Waals surface area contributed by atoms with Crippen LogP contribution < -0.4 is 0 Å². The summed E-state index contributed by atoms with van der Waals surface area (Å²) < 4.78 is 3.25. The smallest absolute Gasteiger partial charge is 0.0478 e. The van der Waals surface area contributed by atoms with Crippen LogP contribution in [0.25, 0.3) is 10.9 Å². The number of fused-ring (bicyclic) bond motifs is 1. The Morgan fingerprint density at radius 2 is 1.95 bits per heavy atom. The van der Waals surface area contributed by atoms with Crippen LogP contribution in [-0.2, 0) is 7.05 Å². The molecule has 1 aliphatic rings. The molecular formula is C18H29BrN2S. The second kappa shape index (κ2) is 10.3. The zero-order valence-electron chi connectivity index (χ0n) is 14.2. The molecule has 4 heteroatoms. The highest BCUT2D eigenvalue weighted by Gasteiger charge is 2.18. The molecule has 1 saturated heterocycles. The molecule has 0 amide bonds. The SMILES string of the molecule is CCCC1CCCN1C.CS.Cn1ccc2cc(Br)ccc21. The number of rotatable bonds is 2. The number of thiol groups is 1. The fraction of sp³-hybridized carbons (Fsp3) is 0.556. The van der Waals surface area contributed by atoms with Gasteiger partial charge in [0.15, 0.2) is 0 Å². The Labute approximate surface area is 149 Å². The Morgan fingerprint density at radius 1 is 1.23 bits per heavy atom. The Hall–Kier alpha value is -0.450. The van der Waals surface area contributed by atoms with Gasteiger partial charge in [0.2, 0.25) is 0 Å². The molecule has 0 spiro atoms. The van der Waals surface area contributed by atoms with Crippen LogP contribution in [0.15, 0.2) is 34.9 Å². The van der Waals surface area contributed by atoms with Gasteiger partial charge < -0.3 is 9.47 Å². The second-order valence-corrected chi connectivity index (χ2v) is 6.61. The number of benzene rings is 1. The van der Waals surface area contributed by atoms with Crippen molar-refractivity contribution in [2.24, 2.45) is 7.05 Å². The Kier molecular flexibility index (Phi) is 9.22. The molecule has 0 aliphatic carbocycles. The van der Waals surface area contributed by atoms with Crippen LogP contribution in [-0.4, -0.2) is 35.4 Å². The van der Waals surface area contributed by atoms with Crippen molar-refractivity contribution >= 4 is 39.5 Å². The third-order valence-electron chi connectivity index (χ3n) is 4.14. The molecule has 0 saturated carbocycles. The van der Waals surface area contributed by atoms with Crippen LogP contribution in [0.5, 0.6) is 0 Å². The summed E-state index contributed by atoms with van der Waals surface area (Å²) in [6, 6.07) is 9.31. The van der Waals surface area contributed by atoms with Crippen molar-refractivity contribution in [1.82, 2.24) is 9.47 Å². The van der Waals surface area contributed by atoms with E-state index in [1.54, 1.807) is 6.26 Å². The van der Waals surface area contributed by atoms with Crippen LogP contribution >= 0.6 is 28.6 Å². The van der Waals surface area contributed by atoms with Crippen molar-refractivity contribution in [1.29, 1.82) is 0 Å². The van der Waals surface area contributed by atoms with Gasteiger partial charge in [-0.3, -0.25) is 0 Å². The molecule has 1 fully saturated rings. The Morgan fingerprint density at radius 3 is 2.55 bits per heavy atom. The van der Waals surface area contributed by atoms with Crippen molar-refractivity contribution in [3.8, 4) is 0 Å². The predicted molar refractivity (Wildman–Crippen MR) is 106 cm³/mol. The largest absolute Gasteiger partial charge is 0.351 e. The number of likely N-dealkylation sites (tertiary alicyclic amines) is 1. The fourth-order valence-corrected chi connectivity index (χ4v) is 3.31. The van der Waals surface area contributed by atoms with Crippen molar-refractivity contribution in [3.05, 3.63) is 34.9 Å². The molecule has 2 heterocycles. The van der Waals surface area contributed by atoms with Crippen molar-refractivity contribution < 1.29 is 0 Å². The summed E-state index contributed by atoms with van der Waals surface area (Å²) in [5.41, 5.74) is 1.27. The maximum Gasteiger partial charge on any atom is 0.0478 e. The molecular weight excluding hydrogens is 356 g/mol. The third kappa shape index (κ3) is 5.64. The lowest BCUT2D eigenvalue weighted by Gasteiger charge is -2.17. The van der Waals surface area contributed by atoms with E-state index in [0.717, 1.165) is 10.5 Å². The lowest BCUT2D eigenvalue weighted by molar-refractivity contribution is 0.295. The van der Waals surface area contributed by atoms with Crippen molar-refractivity contribution in [3.63, 3.8) is 0 Å². The fourth-order valence-electron chi connectivity index (χ4n) is 2.93. The minimum atomic E-state index is 0.912. The highest BCUT2D eigenvalue weighted by molar-refractivity contribution is 9.10. The van der Waals surface area contributed by atoms with Gasteiger partial charge in [-0.25, -0.2) is 0 Å². The summed E-state index contributed by atoms with van der Waals surface area (Å²) in [4.78, 5) is 2.49. The molecule has 0 bridgehead atoms. The molecule has 3 rings (SSSR count). The van der Waals surface area contributed by atoms with E-state index in [9.17, 15) is 0 Å². The highest BCUT2D eigenvalue weighted by Crippen LogP contribution is 2.19. The molecule has 0 radical (unpaired) electrons. The minimum absolute atomic E-state index is 0.912. The van der Waals surface area contributed by atoms with Gasteiger partial charge in [0.05, 0.1) is 0 Å². The van der Waals surface area contributed by atoms with E-state index in [4.69, 9.17) is 0 Å². The first-order valence-corrected chi connectivity index (χ1v) is 9.66. The number of aromatic nitrogens is 1. The first kappa shape index (κ1) is 19.6. The molecule has 1 aromatic carbocycles. The van der Waals surface area contributed by atoms with Crippen LogP contribution in [0.3, 0.4) is 0 Å². The summed E-state index contributed by atoms with van der Waals surface area (Å²) in [5.74, 6) is 0. The summed E-state index contributed by atoms with van der Waals surface area (Å²) in [7, 11) is 4.30. The topological polar surface area (TPSA) is 8.17 Å². The van der Waals surface area contributed by atoms with E-state index in [1.165, 1.54) is 43.1 Å². The summed E-state index contributed by atoms with van der Waals surface area (Å²) in [6.45, 7) is 3.59. The number of halogens is 1. The van der Waals surface area contributed by atoms with Gasteiger partial charge in [-0.2, -0.15) is 12.6 Å². The van der Waals surface area contributed by atoms with E-state index >= 15 is 0 Å². The second-order valence-electron chi connectivity index (χ2n) is 5.70. The molecule has 22 heavy (non-hydrogen) atoms. The molecule has 2 aromatic rings. The normalized spacial score (nSPS) is 17.6. The zero-order chi connectivity index (χ0) is 16.5. The van der Waals surface area contributed by atoms with Gasteiger partial charge in [0, 0.05) is 34.7 Å². The molecule has 1 unspecified atom stereocenters. The van der Waals surface area contributed by atoms with Gasteiger partial charge in [-0.1, -0.05) is 29.3 Å². The monoisotopic (exact) mass is 384 g/mol. The van der Waals surface area contributed by atoms with Gasteiger partial charge in [-0.15, -0.1) is 0 Å². The Balaban J connectivity index is 0.000000202. The highest BCUT2D eigenvalue weighted by atomic mass is 79.9. The minimum Gasteiger partial charge on any atom is -0.351 e. The van der Waals surface area contributed by atoms with Crippen LogP contribution in [0.2, 0.25) is 0 Å². The zero-order valence-corrected chi connectivity index (χ0v) is 16.7. The average molecular weight is 385 g/mol. The maximum absolute atomic E-state index is 3.53. The van der Waals surface area contributed by atoms with Crippen LogP contribution in [0.4, 0.5) is 0 Å². The maximum atomic E-state index is 3.53. The first-order chi connectivity index (χ1) is 10.6. The average Bonchev–Trinajstić information content (AvgIpc) is 3.09. The Bertz CT molecular complexity index is 553. The predicted octanol–water partition coefficient (Wildman–Crippen LogP) is 5.37. The first-order valence-electron chi connectivity index (χ1n) is 7.97. The van der Waals surface area contributed by atoms with Gasteiger partial charge in [0.25, 0.3) is 0 Å². The van der Waals surface area contributed by atoms with Crippen molar-refractivity contribution in [2.75, 3.05) is 19.8 Å². The van der Waals surface area contributed by atoms with Gasteiger partial charge in [0.1, 0.15) is 0 Å². The molecule has 0 N–H and O–H groups in total. The van der Waals surface area contributed by atoms with Crippen LogP contribution in [0, 0.1) is 0 Å². The quantitative estimate of drug-likeness (QED) is 0.684. The van der Waals surface area contributed by atoms with E-state index < -0.39 is 0 Å². The standard InChI is InChI=1S/C9H8BrN.C8H17N.CH4S/c1-11-5-4-7-6-8(10)2-3-9(7)11;1-3-5-8-6-4-7-9(8)2;1-2/h2-6H,1H3;8H,3-7H2,1-2H3;2H,1H3. The molecule has 1 aromatic heterocycles. The van der Waals surface area contributed by atoms with E-state index in [-0.39, 0.29) is 0 Å². The lowest BCUT2D eigenvalue weighted by atomic mass is 10.1. The number of hydrogen-bond acceptors (Lipinski definition) is 2. The molecule has 124 valence electrons. The van der Waals surface area contributed by atoms with Crippen LogP contribution in [0.1, 0.15) is 32.6 Å².